The molecule has 0 aliphatic carbocycles. The maximum Gasteiger partial charge on any atom is 0.0655 e. The zero-order valence-electron chi connectivity index (χ0n) is 14.6. The Balaban J connectivity index is 1.79. The fraction of sp³-hybridized carbons (Fsp3) is 0.273. The first kappa shape index (κ1) is 17.2. The molecule has 2 rings (SSSR count). The predicted molar refractivity (Wildman–Crippen MR) is 101 cm³/mol. The van der Waals surface area contributed by atoms with Gasteiger partial charge in [-0.1, -0.05) is 71.8 Å². The largest absolute Gasteiger partial charge is 0.373 e. The standard InChI is InChI=1S/C22H26O/c1-17-9-11-19(3)21(15-17)7-5-13-23-14-6-8-22-16-18(2)10-12-20(22)4/h5-12,15-16H,13-14H2,1-4H3. The van der Waals surface area contributed by atoms with Crippen LogP contribution in [0.4, 0.5) is 0 Å². The number of benzene rings is 2. The van der Waals surface area contributed by atoms with Crippen molar-refractivity contribution in [3.63, 3.8) is 0 Å². The van der Waals surface area contributed by atoms with Gasteiger partial charge in [-0.3, -0.25) is 0 Å². The molecule has 0 radical (unpaired) electrons. The van der Waals surface area contributed by atoms with E-state index in [1.807, 2.05) is 0 Å². The van der Waals surface area contributed by atoms with Crippen molar-refractivity contribution in [3.05, 3.63) is 81.9 Å². The monoisotopic (exact) mass is 306 g/mol. The molecule has 0 heterocycles. The van der Waals surface area contributed by atoms with Crippen molar-refractivity contribution < 1.29 is 4.74 Å². The summed E-state index contributed by atoms with van der Waals surface area (Å²) in [5.74, 6) is 0. The first-order valence-corrected chi connectivity index (χ1v) is 8.11. The third-order valence-corrected chi connectivity index (χ3v) is 3.89. The highest BCUT2D eigenvalue weighted by molar-refractivity contribution is 5.55. The molecule has 0 bridgehead atoms. The summed E-state index contributed by atoms with van der Waals surface area (Å²) in [4.78, 5) is 0. The molecule has 2 aromatic carbocycles. The van der Waals surface area contributed by atoms with Crippen LogP contribution in [0.15, 0.2) is 48.6 Å². The Morgan fingerprint density at radius 2 is 1.13 bits per heavy atom. The average Bonchev–Trinajstić information content (AvgIpc) is 2.52. The highest BCUT2D eigenvalue weighted by Gasteiger charge is 1.95. The molecular weight excluding hydrogens is 280 g/mol. The topological polar surface area (TPSA) is 9.23 Å². The summed E-state index contributed by atoms with van der Waals surface area (Å²) in [6.45, 7) is 9.76. The van der Waals surface area contributed by atoms with E-state index in [1.165, 1.54) is 33.4 Å². The Morgan fingerprint density at radius 3 is 1.57 bits per heavy atom. The van der Waals surface area contributed by atoms with Crippen molar-refractivity contribution in [2.75, 3.05) is 13.2 Å². The second-order valence-electron chi connectivity index (χ2n) is 6.06. The zero-order chi connectivity index (χ0) is 16.7. The highest BCUT2D eigenvalue weighted by Crippen LogP contribution is 2.13. The molecule has 0 saturated heterocycles. The van der Waals surface area contributed by atoms with E-state index >= 15 is 0 Å². The maximum absolute atomic E-state index is 5.64. The molecule has 0 N–H and O–H groups in total. The van der Waals surface area contributed by atoms with Crippen molar-refractivity contribution in [1.29, 1.82) is 0 Å². The lowest BCUT2D eigenvalue weighted by molar-refractivity contribution is 0.195. The van der Waals surface area contributed by atoms with Gasteiger partial charge in [-0.25, -0.2) is 0 Å². The Hall–Kier alpha value is -2.12. The Morgan fingerprint density at radius 1 is 0.696 bits per heavy atom. The summed E-state index contributed by atoms with van der Waals surface area (Å²) in [5.41, 5.74) is 7.68. The Kier molecular flexibility index (Phi) is 6.37. The van der Waals surface area contributed by atoms with Gasteiger partial charge in [0.1, 0.15) is 0 Å². The Labute approximate surface area is 140 Å². The maximum atomic E-state index is 5.64. The fourth-order valence-electron chi connectivity index (χ4n) is 2.43. The first-order chi connectivity index (χ1) is 11.1. The predicted octanol–water partition coefficient (Wildman–Crippen LogP) is 5.66. The van der Waals surface area contributed by atoms with Gasteiger partial charge in [-0.2, -0.15) is 0 Å². The van der Waals surface area contributed by atoms with Crippen LogP contribution in [0.5, 0.6) is 0 Å². The number of aryl methyl sites for hydroxylation is 4. The zero-order valence-corrected chi connectivity index (χ0v) is 14.6. The smallest absolute Gasteiger partial charge is 0.0655 e. The molecule has 0 fully saturated rings. The van der Waals surface area contributed by atoms with Crippen LogP contribution in [0.3, 0.4) is 0 Å². The highest BCUT2D eigenvalue weighted by atomic mass is 16.5. The summed E-state index contributed by atoms with van der Waals surface area (Å²) >= 11 is 0. The number of hydrogen-bond acceptors (Lipinski definition) is 1. The van der Waals surface area contributed by atoms with Gasteiger partial charge in [0.25, 0.3) is 0 Å². The van der Waals surface area contributed by atoms with Crippen molar-refractivity contribution in [2.45, 2.75) is 27.7 Å². The van der Waals surface area contributed by atoms with E-state index in [9.17, 15) is 0 Å². The van der Waals surface area contributed by atoms with Gasteiger partial charge >= 0.3 is 0 Å². The van der Waals surface area contributed by atoms with E-state index in [1.54, 1.807) is 0 Å². The molecule has 0 amide bonds. The van der Waals surface area contributed by atoms with Crippen LogP contribution < -0.4 is 0 Å². The molecule has 0 spiro atoms. The summed E-state index contributed by atoms with van der Waals surface area (Å²) in [6.07, 6.45) is 8.43. The summed E-state index contributed by atoms with van der Waals surface area (Å²) in [7, 11) is 0. The summed E-state index contributed by atoms with van der Waals surface area (Å²) in [6, 6.07) is 13.0. The van der Waals surface area contributed by atoms with Gasteiger partial charge < -0.3 is 4.74 Å². The van der Waals surface area contributed by atoms with Gasteiger partial charge in [-0.15, -0.1) is 0 Å². The van der Waals surface area contributed by atoms with E-state index < -0.39 is 0 Å². The number of ether oxygens (including phenoxy) is 1. The van der Waals surface area contributed by atoms with Crippen molar-refractivity contribution >= 4 is 12.2 Å². The number of hydrogen-bond donors (Lipinski definition) is 0. The molecule has 0 saturated carbocycles. The SMILES string of the molecule is Cc1ccc(C)c(C=CCOCC=Cc2cc(C)ccc2C)c1. The van der Waals surface area contributed by atoms with Gasteiger partial charge in [0, 0.05) is 0 Å². The summed E-state index contributed by atoms with van der Waals surface area (Å²) < 4.78 is 5.64. The fourth-order valence-corrected chi connectivity index (χ4v) is 2.43. The molecule has 23 heavy (non-hydrogen) atoms. The molecule has 0 aromatic heterocycles. The Bertz CT molecular complexity index is 646. The van der Waals surface area contributed by atoms with Crippen LogP contribution in [0.2, 0.25) is 0 Å². The van der Waals surface area contributed by atoms with E-state index in [0.717, 1.165) is 0 Å². The second kappa shape index (κ2) is 8.50. The lowest BCUT2D eigenvalue weighted by Crippen LogP contribution is -1.91. The van der Waals surface area contributed by atoms with Crippen molar-refractivity contribution in [3.8, 4) is 0 Å². The van der Waals surface area contributed by atoms with Gasteiger partial charge in [0.05, 0.1) is 13.2 Å². The molecule has 0 atom stereocenters. The molecule has 120 valence electrons. The quantitative estimate of drug-likeness (QED) is 0.625. The van der Waals surface area contributed by atoms with Crippen molar-refractivity contribution in [1.82, 2.24) is 0 Å². The van der Waals surface area contributed by atoms with Crippen LogP contribution in [-0.2, 0) is 4.74 Å². The minimum absolute atomic E-state index is 0.629. The lowest BCUT2D eigenvalue weighted by Gasteiger charge is -2.02. The van der Waals surface area contributed by atoms with E-state index in [2.05, 4.69) is 88.4 Å². The van der Waals surface area contributed by atoms with Gasteiger partial charge in [0.15, 0.2) is 0 Å². The number of rotatable bonds is 6. The molecule has 1 nitrogen and oxygen atoms in total. The average molecular weight is 306 g/mol. The summed E-state index contributed by atoms with van der Waals surface area (Å²) in [5, 5.41) is 0. The molecule has 0 aliphatic rings. The van der Waals surface area contributed by atoms with Crippen LogP contribution in [-0.4, -0.2) is 13.2 Å². The van der Waals surface area contributed by atoms with E-state index in [-0.39, 0.29) is 0 Å². The molecular formula is C22H26O. The normalized spacial score (nSPS) is 11.7. The lowest BCUT2D eigenvalue weighted by atomic mass is 10.1. The van der Waals surface area contributed by atoms with Crippen LogP contribution in [0, 0.1) is 27.7 Å². The third kappa shape index (κ3) is 5.54. The van der Waals surface area contributed by atoms with E-state index in [0.29, 0.717) is 13.2 Å². The second-order valence-corrected chi connectivity index (χ2v) is 6.06. The van der Waals surface area contributed by atoms with Gasteiger partial charge in [-0.05, 0) is 49.9 Å². The van der Waals surface area contributed by atoms with Crippen LogP contribution in [0.25, 0.3) is 12.2 Å². The molecule has 2 aromatic rings. The van der Waals surface area contributed by atoms with Crippen LogP contribution >= 0.6 is 0 Å². The molecule has 0 unspecified atom stereocenters. The minimum Gasteiger partial charge on any atom is -0.373 e. The van der Waals surface area contributed by atoms with Crippen molar-refractivity contribution in [2.24, 2.45) is 0 Å². The molecule has 0 aliphatic heterocycles. The first-order valence-electron chi connectivity index (χ1n) is 8.11. The van der Waals surface area contributed by atoms with Gasteiger partial charge in [0.2, 0.25) is 0 Å². The molecule has 1 heteroatoms. The van der Waals surface area contributed by atoms with Crippen LogP contribution in [0.1, 0.15) is 33.4 Å². The van der Waals surface area contributed by atoms with E-state index in [4.69, 9.17) is 4.74 Å². The minimum atomic E-state index is 0.629. The third-order valence-electron chi connectivity index (χ3n) is 3.89.